The van der Waals surface area contributed by atoms with Crippen LogP contribution in [0.5, 0.6) is 5.75 Å². The monoisotopic (exact) mass is 387 g/mol. The fraction of sp³-hybridized carbons (Fsp3) is 0.409. The van der Waals surface area contributed by atoms with Crippen LogP contribution in [-0.2, 0) is 5.54 Å². The number of hydrogen-bond acceptors (Lipinski definition) is 4. The molecule has 4 nitrogen and oxygen atoms in total. The van der Waals surface area contributed by atoms with Crippen LogP contribution in [-0.4, -0.2) is 30.9 Å². The van der Waals surface area contributed by atoms with Gasteiger partial charge in [0.25, 0.3) is 0 Å². The molecule has 0 saturated heterocycles. The minimum absolute atomic E-state index is 0.123. The maximum absolute atomic E-state index is 13.6. The van der Waals surface area contributed by atoms with Crippen LogP contribution in [0.2, 0.25) is 0 Å². The normalized spacial score (nSPS) is 21.8. The second-order valence-corrected chi connectivity index (χ2v) is 7.60. The number of fused-ring (bicyclic) bond motifs is 1. The lowest BCUT2D eigenvalue weighted by atomic mass is 9.75. The van der Waals surface area contributed by atoms with Crippen molar-refractivity contribution in [2.75, 3.05) is 20.2 Å². The lowest BCUT2D eigenvalue weighted by molar-refractivity contribution is 0.0159. The van der Waals surface area contributed by atoms with Crippen molar-refractivity contribution in [1.82, 2.24) is 5.01 Å². The molecule has 28 heavy (non-hydrogen) atoms. The van der Waals surface area contributed by atoms with Crippen LogP contribution >= 0.6 is 0 Å². The highest BCUT2D eigenvalue weighted by Gasteiger charge is 2.44. The van der Waals surface area contributed by atoms with E-state index >= 15 is 0 Å². The zero-order chi connectivity index (χ0) is 20.5. The molecule has 2 aromatic rings. The van der Waals surface area contributed by atoms with E-state index in [4.69, 9.17) is 15.6 Å². The summed E-state index contributed by atoms with van der Waals surface area (Å²) < 4.78 is 33.2. The number of rotatable bonds is 5. The molecule has 0 spiro atoms. The van der Waals surface area contributed by atoms with Crippen molar-refractivity contribution in [1.29, 1.82) is 0 Å². The molecule has 0 radical (unpaired) electrons. The van der Waals surface area contributed by atoms with Gasteiger partial charge in [0.15, 0.2) is 0 Å². The summed E-state index contributed by atoms with van der Waals surface area (Å²) in [7, 11) is 1.89. The highest BCUT2D eigenvalue weighted by atomic mass is 19.1. The second kappa shape index (κ2) is 7.87. The van der Waals surface area contributed by atoms with Gasteiger partial charge in [-0.1, -0.05) is 11.6 Å². The number of nitrogens with two attached hydrogens (primary N) is 1. The number of halogens is 2. The van der Waals surface area contributed by atoms with Crippen molar-refractivity contribution in [3.63, 3.8) is 0 Å². The Morgan fingerprint density at radius 3 is 2.57 bits per heavy atom. The van der Waals surface area contributed by atoms with Gasteiger partial charge in [-0.3, -0.25) is 5.01 Å². The third-order valence-electron chi connectivity index (χ3n) is 5.68. The molecule has 0 bridgehead atoms. The number of nitrogens with zero attached hydrogens (tertiary/aromatic N) is 2. The highest BCUT2D eigenvalue weighted by Crippen LogP contribution is 2.45. The number of hydrogen-bond donors (Lipinski definition) is 1. The van der Waals surface area contributed by atoms with Crippen molar-refractivity contribution < 1.29 is 13.5 Å². The maximum Gasteiger partial charge on any atom is 0.126 e. The van der Waals surface area contributed by atoms with Gasteiger partial charge >= 0.3 is 0 Å². The smallest absolute Gasteiger partial charge is 0.126 e. The Balaban J connectivity index is 2.05. The molecule has 2 N–H and O–H groups in total. The topological polar surface area (TPSA) is 50.8 Å². The molecular formula is C22H27F2N3O. The molecule has 1 aliphatic heterocycles. The molecule has 0 aromatic heterocycles. The van der Waals surface area contributed by atoms with Crippen molar-refractivity contribution in [2.24, 2.45) is 16.8 Å². The summed E-state index contributed by atoms with van der Waals surface area (Å²) in [4.78, 5) is 0. The third kappa shape index (κ3) is 3.74. The molecule has 1 unspecified atom stereocenters. The first-order chi connectivity index (χ1) is 13.3. The first kappa shape index (κ1) is 20.3. The predicted molar refractivity (Wildman–Crippen MR) is 108 cm³/mol. The van der Waals surface area contributed by atoms with Crippen molar-refractivity contribution in [2.45, 2.75) is 32.7 Å². The van der Waals surface area contributed by atoms with Crippen molar-refractivity contribution in [3.05, 3.63) is 64.7 Å². The van der Waals surface area contributed by atoms with Gasteiger partial charge in [0, 0.05) is 30.2 Å². The molecule has 2 aromatic carbocycles. The van der Waals surface area contributed by atoms with E-state index in [1.165, 1.54) is 12.1 Å². The van der Waals surface area contributed by atoms with Gasteiger partial charge in [-0.05, 0) is 58.0 Å². The lowest BCUT2D eigenvalue weighted by Gasteiger charge is -2.47. The fourth-order valence-corrected chi connectivity index (χ4v) is 3.89. The van der Waals surface area contributed by atoms with Gasteiger partial charge in [-0.2, -0.15) is 5.10 Å². The van der Waals surface area contributed by atoms with Crippen LogP contribution in [0.1, 0.15) is 37.0 Å². The Hall–Kier alpha value is -2.47. The zero-order valence-corrected chi connectivity index (χ0v) is 16.8. The van der Waals surface area contributed by atoms with Crippen LogP contribution in [0.15, 0.2) is 41.5 Å². The minimum atomic E-state index is -0.619. The van der Waals surface area contributed by atoms with Gasteiger partial charge in [0.05, 0.1) is 17.9 Å². The SMILES string of the molecule is C/C(=N\N(C)C1(C)c2cc(C)ccc2OC[C@@H]1CCN)c1cc(F)cc(F)c1. The van der Waals surface area contributed by atoms with Crippen molar-refractivity contribution >= 4 is 5.71 Å². The standard InChI is InChI=1S/C22H27F2N3O/c1-14-5-6-21-20(9-14)22(3,17(7-8-25)13-28-21)27(4)26-15(2)16-10-18(23)12-19(24)11-16/h5-6,9-12,17H,7-8,13,25H2,1-4H3/b26-15+/t17-,22?/m0/s1. The van der Waals surface area contributed by atoms with E-state index in [9.17, 15) is 8.78 Å². The van der Waals surface area contributed by atoms with Gasteiger partial charge in [0.2, 0.25) is 0 Å². The average Bonchev–Trinajstić information content (AvgIpc) is 2.63. The first-order valence-corrected chi connectivity index (χ1v) is 9.45. The number of hydrazone groups is 1. The van der Waals surface area contributed by atoms with Gasteiger partial charge in [0.1, 0.15) is 17.4 Å². The molecule has 0 aliphatic carbocycles. The van der Waals surface area contributed by atoms with Crippen LogP contribution in [0.4, 0.5) is 8.78 Å². The predicted octanol–water partition coefficient (Wildman–Crippen LogP) is 4.20. The molecule has 0 amide bonds. The first-order valence-electron chi connectivity index (χ1n) is 9.45. The van der Waals surface area contributed by atoms with E-state index in [0.717, 1.165) is 29.4 Å². The van der Waals surface area contributed by atoms with Crippen LogP contribution in [0, 0.1) is 24.5 Å². The number of ether oxygens (including phenoxy) is 1. The number of benzene rings is 2. The number of aryl methyl sites for hydroxylation is 1. The summed E-state index contributed by atoms with van der Waals surface area (Å²) in [5.41, 5.74) is 8.52. The molecule has 0 saturated carbocycles. The Morgan fingerprint density at radius 2 is 1.93 bits per heavy atom. The summed E-state index contributed by atoms with van der Waals surface area (Å²) in [6.45, 7) is 6.99. The van der Waals surface area contributed by atoms with Crippen LogP contribution in [0.25, 0.3) is 0 Å². The molecule has 1 aliphatic rings. The molecular weight excluding hydrogens is 360 g/mol. The largest absolute Gasteiger partial charge is 0.493 e. The van der Waals surface area contributed by atoms with Crippen molar-refractivity contribution in [3.8, 4) is 5.75 Å². The summed E-state index contributed by atoms with van der Waals surface area (Å²) in [5.74, 6) is -0.284. The van der Waals surface area contributed by atoms with E-state index in [1.807, 2.05) is 31.1 Å². The average molecular weight is 387 g/mol. The maximum atomic E-state index is 13.6. The Bertz CT molecular complexity index is 879. The second-order valence-electron chi connectivity index (χ2n) is 7.60. The molecule has 6 heteroatoms. The van der Waals surface area contributed by atoms with Gasteiger partial charge < -0.3 is 10.5 Å². The minimum Gasteiger partial charge on any atom is -0.493 e. The summed E-state index contributed by atoms with van der Waals surface area (Å²) in [6.07, 6.45) is 0.775. The van der Waals surface area contributed by atoms with Gasteiger partial charge in [-0.15, -0.1) is 0 Å². The molecule has 0 fully saturated rings. The van der Waals surface area contributed by atoms with E-state index in [-0.39, 0.29) is 5.92 Å². The third-order valence-corrected chi connectivity index (χ3v) is 5.68. The Kier molecular flexibility index (Phi) is 5.70. The van der Waals surface area contributed by atoms with Crippen LogP contribution in [0.3, 0.4) is 0 Å². The summed E-state index contributed by atoms with van der Waals surface area (Å²) in [5, 5.41) is 6.59. The molecule has 3 rings (SSSR count). The van der Waals surface area contributed by atoms with E-state index in [0.29, 0.717) is 24.4 Å². The Morgan fingerprint density at radius 1 is 1.25 bits per heavy atom. The molecule has 2 atom stereocenters. The quantitative estimate of drug-likeness (QED) is 0.618. The zero-order valence-electron chi connectivity index (χ0n) is 16.8. The van der Waals surface area contributed by atoms with Gasteiger partial charge in [-0.25, -0.2) is 8.78 Å². The summed E-state index contributed by atoms with van der Waals surface area (Å²) in [6, 6.07) is 9.55. The lowest BCUT2D eigenvalue weighted by Crippen LogP contribution is -2.50. The van der Waals surface area contributed by atoms with Crippen LogP contribution < -0.4 is 10.5 Å². The van der Waals surface area contributed by atoms with E-state index in [1.54, 1.807) is 6.92 Å². The highest BCUT2D eigenvalue weighted by molar-refractivity contribution is 5.98. The fourth-order valence-electron chi connectivity index (χ4n) is 3.89. The molecule has 150 valence electrons. The summed E-state index contributed by atoms with van der Waals surface area (Å²) >= 11 is 0. The Labute approximate surface area is 165 Å². The van der Waals surface area contributed by atoms with E-state index in [2.05, 4.69) is 13.0 Å². The van der Waals surface area contributed by atoms with E-state index < -0.39 is 17.2 Å². The molecule has 1 heterocycles.